The second-order valence-electron chi connectivity index (χ2n) is 13.9. The molecule has 220 valence electrons. The minimum Gasteiger partial charge on any atom is -0.444 e. The molecule has 0 aromatic carbocycles. The van der Waals surface area contributed by atoms with Crippen molar-refractivity contribution in [3.8, 4) is 0 Å². The minimum atomic E-state index is -1.18. The van der Waals surface area contributed by atoms with Gasteiger partial charge in [-0.3, -0.25) is 0 Å². The number of fused-ring (bicyclic) bond motifs is 1. The fraction of sp³-hybridized carbons (Fsp3) is 0.714. The van der Waals surface area contributed by atoms with Gasteiger partial charge in [-0.1, -0.05) is 45.4 Å². The average molecular weight is 578 g/mol. The first-order chi connectivity index (χ1) is 18.1. The number of nitrogens with one attached hydrogen (secondary N) is 1. The Balaban J connectivity index is 1.75. The van der Waals surface area contributed by atoms with Crippen molar-refractivity contribution >= 4 is 28.0 Å². The molecular weight excluding hydrogens is 527 g/mol. The van der Waals surface area contributed by atoms with Crippen molar-refractivity contribution in [2.45, 2.75) is 84.2 Å². The van der Waals surface area contributed by atoms with Crippen LogP contribution in [-0.2, 0) is 14.2 Å². The number of amides is 1. The van der Waals surface area contributed by atoms with Gasteiger partial charge < -0.3 is 24.0 Å². The van der Waals surface area contributed by atoms with E-state index >= 15 is 0 Å². The molecule has 1 N–H and O–H groups in total. The molecule has 3 aliphatic rings. The number of hydrogen-bond donors (Lipinski definition) is 1. The van der Waals surface area contributed by atoms with E-state index in [2.05, 4.69) is 67.8 Å². The summed E-state index contributed by atoms with van der Waals surface area (Å²) in [7, 11) is -2.37. The first-order valence-electron chi connectivity index (χ1n) is 14.2. The van der Waals surface area contributed by atoms with Gasteiger partial charge >= 0.3 is 6.09 Å². The molecule has 0 fully saturated rings. The van der Waals surface area contributed by atoms with Crippen LogP contribution in [0, 0.1) is 0 Å². The number of carbonyl (C=O) groups is 1. The molecule has 3 rings (SSSR count). The minimum absolute atomic E-state index is 0.273. The number of allylic oxidation sites excluding steroid dienone is 1. The third-order valence-electron chi connectivity index (χ3n) is 6.49. The Labute approximate surface area is 237 Å². The van der Waals surface area contributed by atoms with Gasteiger partial charge in [0.25, 0.3) is 0 Å². The highest BCUT2D eigenvalue weighted by molar-refractivity contribution is 6.76. The molecule has 0 aromatic rings. The van der Waals surface area contributed by atoms with E-state index in [-0.39, 0.29) is 6.09 Å². The zero-order valence-electron chi connectivity index (χ0n) is 25.7. The predicted octanol–water partition coefficient (Wildman–Crippen LogP) is 5.44. The summed E-state index contributed by atoms with van der Waals surface area (Å²) in [6, 6.07) is 2.24. The molecule has 0 bridgehead atoms. The highest BCUT2D eigenvalue weighted by Gasteiger charge is 2.31. The van der Waals surface area contributed by atoms with Gasteiger partial charge in [0.15, 0.2) is 0 Å². The number of ether oxygens (including phenoxy) is 3. The van der Waals surface area contributed by atoms with Gasteiger partial charge in [-0.2, -0.15) is 0 Å². The Bertz CT molecular complexity index is 967. The molecule has 0 radical (unpaired) electrons. The Morgan fingerprint density at radius 2 is 1.64 bits per heavy atom. The van der Waals surface area contributed by atoms with Crippen LogP contribution in [0.4, 0.5) is 4.79 Å². The second-order valence-corrected chi connectivity index (χ2v) is 25.1. The van der Waals surface area contributed by atoms with Gasteiger partial charge in [-0.05, 0) is 50.9 Å². The van der Waals surface area contributed by atoms with Crippen molar-refractivity contribution in [2.75, 3.05) is 46.3 Å². The third-order valence-corrected chi connectivity index (χ3v) is 9.90. The smallest absolute Gasteiger partial charge is 0.410 e. The van der Waals surface area contributed by atoms with E-state index in [1.807, 2.05) is 25.8 Å². The lowest BCUT2D eigenvalue weighted by Crippen LogP contribution is -2.44. The summed E-state index contributed by atoms with van der Waals surface area (Å²) in [6.45, 7) is 24.1. The molecule has 0 atom stereocenters. The highest BCUT2D eigenvalue weighted by atomic mass is 28.3. The van der Waals surface area contributed by atoms with Crippen molar-refractivity contribution in [1.29, 1.82) is 0 Å². The maximum Gasteiger partial charge on any atom is 0.410 e. The number of hydrazine groups is 1. The Morgan fingerprint density at radius 3 is 2.15 bits per heavy atom. The third kappa shape index (κ3) is 10.5. The summed E-state index contributed by atoms with van der Waals surface area (Å²) in [5.41, 5.74) is 4.98. The standard InChI is InChI=1S/C28H51N5O4Si2/c1-28(2,3)37-27(34)31-14-11-23(12-15-31)24-20-26(33-25(30-24)10-13-29-33)32(21-35-16-18-38(4,5)6)22-36-17-19-39(7,8)9/h10-11,20,29H,12-19,21-22H2,1-9H3. The normalized spacial score (nSPS) is 18.3. The van der Waals surface area contributed by atoms with Gasteiger partial charge in [0, 0.05) is 55.1 Å². The Hall–Kier alpha value is -1.93. The quantitative estimate of drug-likeness (QED) is 0.188. The zero-order chi connectivity index (χ0) is 28.8. The molecule has 39 heavy (non-hydrogen) atoms. The van der Waals surface area contributed by atoms with Crippen LogP contribution in [0.25, 0.3) is 0 Å². The molecular formula is C28H51N5O4Si2. The number of nitrogens with zero attached hydrogens (tertiary/aromatic N) is 4. The summed E-state index contributed by atoms with van der Waals surface area (Å²) in [5.74, 6) is 1.85. The number of carbonyl (C=O) groups excluding carboxylic acids is 1. The van der Waals surface area contributed by atoms with Crippen molar-refractivity contribution in [1.82, 2.24) is 20.2 Å². The summed E-state index contributed by atoms with van der Waals surface area (Å²) < 4.78 is 17.9. The van der Waals surface area contributed by atoms with E-state index in [1.54, 1.807) is 4.90 Å². The Kier molecular flexibility index (Phi) is 10.7. The predicted molar refractivity (Wildman–Crippen MR) is 164 cm³/mol. The highest BCUT2D eigenvalue weighted by Crippen LogP contribution is 2.28. The topological polar surface area (TPSA) is 78.9 Å². The van der Waals surface area contributed by atoms with E-state index in [1.165, 1.54) is 0 Å². The first-order valence-corrected chi connectivity index (χ1v) is 21.6. The fourth-order valence-corrected chi connectivity index (χ4v) is 5.62. The molecule has 3 heterocycles. The molecule has 3 aliphatic heterocycles. The van der Waals surface area contributed by atoms with Gasteiger partial charge in [0.2, 0.25) is 0 Å². The van der Waals surface area contributed by atoms with Gasteiger partial charge in [-0.15, -0.1) is 0 Å². The van der Waals surface area contributed by atoms with E-state index in [0.29, 0.717) is 26.6 Å². The van der Waals surface area contributed by atoms with Crippen molar-refractivity contribution in [3.63, 3.8) is 0 Å². The van der Waals surface area contributed by atoms with E-state index in [9.17, 15) is 4.79 Å². The van der Waals surface area contributed by atoms with E-state index < -0.39 is 21.7 Å². The lowest BCUT2D eigenvalue weighted by Gasteiger charge is -2.36. The van der Waals surface area contributed by atoms with Crippen molar-refractivity contribution in [2.24, 2.45) is 4.99 Å². The van der Waals surface area contributed by atoms with Crippen LogP contribution in [-0.4, -0.2) is 94.7 Å². The van der Waals surface area contributed by atoms with Gasteiger partial charge in [-0.25, -0.2) is 20.2 Å². The van der Waals surface area contributed by atoms with Crippen LogP contribution in [0.2, 0.25) is 51.4 Å². The van der Waals surface area contributed by atoms with E-state index in [4.69, 9.17) is 19.2 Å². The molecule has 0 aliphatic carbocycles. The average Bonchev–Trinajstić information content (AvgIpc) is 3.29. The van der Waals surface area contributed by atoms with Crippen LogP contribution < -0.4 is 5.43 Å². The Morgan fingerprint density at radius 1 is 1.03 bits per heavy atom. The second kappa shape index (κ2) is 13.2. The van der Waals surface area contributed by atoms with E-state index in [0.717, 1.165) is 61.2 Å². The lowest BCUT2D eigenvalue weighted by molar-refractivity contribution is -0.0359. The maximum absolute atomic E-state index is 12.5. The molecule has 9 nitrogen and oxygen atoms in total. The lowest BCUT2D eigenvalue weighted by atomic mass is 10.0. The summed E-state index contributed by atoms with van der Waals surface area (Å²) in [4.78, 5) is 21.4. The molecule has 0 spiro atoms. The molecule has 0 aromatic heterocycles. The van der Waals surface area contributed by atoms with Crippen LogP contribution >= 0.6 is 0 Å². The molecule has 0 unspecified atom stereocenters. The molecule has 0 saturated carbocycles. The van der Waals surface area contributed by atoms with Gasteiger partial charge in [0.1, 0.15) is 30.7 Å². The molecule has 11 heteroatoms. The van der Waals surface area contributed by atoms with Crippen LogP contribution in [0.5, 0.6) is 0 Å². The van der Waals surface area contributed by atoms with Crippen molar-refractivity contribution in [3.05, 3.63) is 35.4 Å². The number of rotatable bonds is 12. The van der Waals surface area contributed by atoms with Crippen molar-refractivity contribution < 1.29 is 19.0 Å². The largest absolute Gasteiger partial charge is 0.444 e. The first kappa shape index (κ1) is 31.6. The summed E-state index contributed by atoms with van der Waals surface area (Å²) in [6.07, 6.45) is 6.76. The molecule has 1 amide bonds. The maximum atomic E-state index is 12.5. The zero-order valence-corrected chi connectivity index (χ0v) is 27.7. The number of hydrogen-bond acceptors (Lipinski definition) is 8. The van der Waals surface area contributed by atoms with Gasteiger partial charge in [0.05, 0.1) is 5.71 Å². The summed E-state index contributed by atoms with van der Waals surface area (Å²) in [5, 5.41) is 2.03. The fourth-order valence-electron chi connectivity index (χ4n) is 4.10. The van der Waals surface area contributed by atoms with Crippen LogP contribution in [0.1, 0.15) is 27.2 Å². The monoisotopic (exact) mass is 577 g/mol. The number of aliphatic imine (C=N–C) groups is 1. The molecule has 0 saturated heterocycles. The summed E-state index contributed by atoms with van der Waals surface area (Å²) >= 11 is 0. The SMILES string of the molecule is CC(C)(C)OC(=O)N1CC=C(C2=NC3=CCNN3C(N(COCC[Si](C)(C)C)COCC[Si](C)(C)C)=C2)CC1. The van der Waals surface area contributed by atoms with Crippen LogP contribution in [0.15, 0.2) is 40.4 Å². The van der Waals surface area contributed by atoms with Crippen LogP contribution in [0.3, 0.4) is 0 Å².